The quantitative estimate of drug-likeness (QED) is 0.553. The van der Waals surface area contributed by atoms with Crippen molar-refractivity contribution in [3.05, 3.63) is 18.7 Å². The Morgan fingerprint density at radius 1 is 1.62 bits per heavy atom. The number of nitrogens with one attached hydrogen (secondary N) is 2. The molecule has 0 saturated heterocycles. The predicted molar refractivity (Wildman–Crippen MR) is 56.8 cm³/mol. The monoisotopic (exact) mass is 218 g/mol. The van der Waals surface area contributed by atoms with Crippen LogP contribution in [0, 0.1) is 0 Å². The van der Waals surface area contributed by atoms with E-state index in [4.69, 9.17) is 0 Å². The van der Waals surface area contributed by atoms with Gasteiger partial charge in [-0.3, -0.25) is 5.32 Å². The maximum Gasteiger partial charge on any atom is 0.304 e. The highest BCUT2D eigenvalue weighted by Crippen LogP contribution is 2.24. The number of aromatic nitrogens is 4. The molecular weight excluding hydrogens is 206 g/mol. The first-order valence-electron chi connectivity index (χ1n) is 5.19. The molecule has 6 nitrogen and oxygen atoms in total. The molecule has 3 heterocycles. The molecule has 0 unspecified atom stereocenters. The van der Waals surface area contributed by atoms with Crippen molar-refractivity contribution >= 4 is 12.1 Å². The lowest BCUT2D eigenvalue weighted by Crippen LogP contribution is -2.32. The first-order valence-corrected chi connectivity index (χ1v) is 5.19. The van der Waals surface area contributed by atoms with E-state index in [1.54, 1.807) is 10.9 Å². The molecule has 0 spiro atoms. The summed E-state index contributed by atoms with van der Waals surface area (Å²) >= 11 is 0. The van der Waals surface area contributed by atoms with Crippen LogP contribution in [-0.2, 0) is 17.9 Å². The Bertz CT molecular complexity index is 527. The summed E-state index contributed by atoms with van der Waals surface area (Å²) < 4.78 is 3.81. The van der Waals surface area contributed by atoms with E-state index in [-0.39, 0.29) is 0 Å². The van der Waals surface area contributed by atoms with Gasteiger partial charge in [0.05, 0.1) is 24.8 Å². The van der Waals surface area contributed by atoms with Crippen LogP contribution in [0.25, 0.3) is 11.3 Å². The van der Waals surface area contributed by atoms with Crippen molar-refractivity contribution in [3.8, 4) is 11.3 Å². The highest BCUT2D eigenvalue weighted by molar-refractivity contribution is 5.69. The van der Waals surface area contributed by atoms with Crippen LogP contribution in [0.1, 0.15) is 0 Å². The first kappa shape index (κ1) is 9.14. The van der Waals surface area contributed by atoms with Crippen LogP contribution in [0.2, 0.25) is 0 Å². The number of fused-ring (bicyclic) bond motifs is 1. The van der Waals surface area contributed by atoms with Crippen molar-refractivity contribution in [2.24, 2.45) is 0 Å². The van der Waals surface area contributed by atoms with E-state index >= 15 is 0 Å². The Hall–Kier alpha value is -2.11. The van der Waals surface area contributed by atoms with Gasteiger partial charge in [0.15, 0.2) is 0 Å². The Labute approximate surface area is 91.9 Å². The van der Waals surface area contributed by atoms with Gasteiger partial charge in [0.25, 0.3) is 0 Å². The van der Waals surface area contributed by atoms with Gasteiger partial charge in [-0.15, -0.1) is 0 Å². The van der Waals surface area contributed by atoms with Crippen LogP contribution in [0.3, 0.4) is 0 Å². The number of aldehydes is 1. The maximum atomic E-state index is 10.4. The van der Waals surface area contributed by atoms with E-state index in [9.17, 15) is 4.79 Å². The molecule has 0 fully saturated rings. The zero-order valence-electron chi connectivity index (χ0n) is 8.68. The summed E-state index contributed by atoms with van der Waals surface area (Å²) in [5.41, 5.74) is 1.92. The molecule has 3 rings (SSSR count). The average Bonchev–Trinajstić information content (AvgIpc) is 2.90. The number of carbonyl (C=O) groups is 1. The summed E-state index contributed by atoms with van der Waals surface area (Å²) in [6, 6.07) is 0. The van der Waals surface area contributed by atoms with Gasteiger partial charge in [0.1, 0.15) is 24.9 Å². The fraction of sp³-hybridized carbons (Fsp3) is 0.300. The third-order valence-corrected chi connectivity index (χ3v) is 2.71. The van der Waals surface area contributed by atoms with Crippen molar-refractivity contribution in [1.82, 2.24) is 14.6 Å². The lowest BCUT2D eigenvalue weighted by Gasteiger charge is -1.91. The zero-order chi connectivity index (χ0) is 11.0. The number of H-pyrrole nitrogens is 1. The molecule has 1 aliphatic heterocycles. The zero-order valence-corrected chi connectivity index (χ0v) is 8.68. The molecule has 0 aromatic carbocycles. The highest BCUT2D eigenvalue weighted by atomic mass is 16.1. The molecule has 0 amide bonds. The van der Waals surface area contributed by atoms with Crippen LogP contribution in [0.4, 0.5) is 5.82 Å². The lowest BCUT2D eigenvalue weighted by atomic mass is 10.2. The van der Waals surface area contributed by atoms with Crippen LogP contribution in [0.5, 0.6) is 0 Å². The highest BCUT2D eigenvalue weighted by Gasteiger charge is 2.25. The van der Waals surface area contributed by atoms with Crippen LogP contribution in [-0.4, -0.2) is 27.5 Å². The number of imidazole rings is 1. The molecule has 2 N–H and O–H groups in total. The number of hydrogen-bond acceptors (Lipinski definition) is 3. The molecule has 16 heavy (non-hydrogen) atoms. The lowest BCUT2D eigenvalue weighted by molar-refractivity contribution is -0.725. The molecule has 6 heteroatoms. The van der Waals surface area contributed by atoms with Gasteiger partial charge in [-0.2, -0.15) is 4.68 Å². The Kier molecular flexibility index (Phi) is 1.99. The summed E-state index contributed by atoms with van der Waals surface area (Å²) in [6.07, 6.45) is 6.33. The molecule has 0 aliphatic carbocycles. The van der Waals surface area contributed by atoms with Gasteiger partial charge in [-0.05, 0) is 0 Å². The summed E-state index contributed by atoms with van der Waals surface area (Å²) in [6.45, 7) is 2.24. The number of carbonyl (C=O) groups excluding carboxylic acids is 1. The van der Waals surface area contributed by atoms with E-state index in [0.29, 0.717) is 6.54 Å². The predicted octanol–water partition coefficient (Wildman–Crippen LogP) is -0.210. The third-order valence-electron chi connectivity index (χ3n) is 2.71. The van der Waals surface area contributed by atoms with Gasteiger partial charge in [-0.25, -0.2) is 10.1 Å². The fourth-order valence-electron chi connectivity index (χ4n) is 1.95. The Morgan fingerprint density at radius 2 is 2.56 bits per heavy atom. The minimum atomic E-state index is 0.347. The van der Waals surface area contributed by atoms with E-state index in [1.165, 1.54) is 0 Å². The molecule has 1 aliphatic rings. The SMILES string of the molecule is O=CCn1cnc(-c2c[nH][n+]3c2NCC3)c1. The molecule has 2 aromatic rings. The van der Waals surface area contributed by atoms with Gasteiger partial charge < -0.3 is 9.36 Å². The molecular formula is C10H12N5O+. The summed E-state index contributed by atoms with van der Waals surface area (Å²) in [4.78, 5) is 14.7. The average molecular weight is 218 g/mol. The third kappa shape index (κ3) is 1.30. The fourth-order valence-corrected chi connectivity index (χ4v) is 1.95. The van der Waals surface area contributed by atoms with Gasteiger partial charge in [0, 0.05) is 6.20 Å². The standard InChI is InChI=1S/C10H11N5O/c16-4-3-14-6-9(12-7-14)8-5-13-15-2-1-11-10(8)15/h4-7H,1-3H2,(H,11,13)/p+1. The molecule has 0 bridgehead atoms. The van der Waals surface area contributed by atoms with Gasteiger partial charge in [0.2, 0.25) is 0 Å². The van der Waals surface area contributed by atoms with Gasteiger partial charge in [-0.1, -0.05) is 0 Å². The van der Waals surface area contributed by atoms with E-state index in [0.717, 1.165) is 36.5 Å². The second-order valence-electron chi connectivity index (χ2n) is 3.74. The number of rotatable bonds is 3. The van der Waals surface area contributed by atoms with E-state index in [2.05, 4.69) is 15.4 Å². The van der Waals surface area contributed by atoms with Crippen LogP contribution in [0.15, 0.2) is 18.7 Å². The second kappa shape index (κ2) is 3.48. The number of nitrogens with zero attached hydrogens (tertiary/aromatic N) is 3. The molecule has 0 atom stereocenters. The normalized spacial score (nSPS) is 13.5. The van der Waals surface area contributed by atoms with E-state index < -0.39 is 0 Å². The van der Waals surface area contributed by atoms with Crippen molar-refractivity contribution < 1.29 is 9.48 Å². The Morgan fingerprint density at radius 3 is 3.44 bits per heavy atom. The molecule has 82 valence electrons. The minimum Gasteiger partial charge on any atom is -0.330 e. The van der Waals surface area contributed by atoms with Crippen LogP contribution >= 0.6 is 0 Å². The number of anilines is 1. The largest absolute Gasteiger partial charge is 0.330 e. The van der Waals surface area contributed by atoms with Crippen molar-refractivity contribution in [1.29, 1.82) is 0 Å². The minimum absolute atomic E-state index is 0.347. The van der Waals surface area contributed by atoms with Crippen molar-refractivity contribution in [2.75, 3.05) is 11.9 Å². The van der Waals surface area contributed by atoms with Gasteiger partial charge >= 0.3 is 5.82 Å². The number of aromatic amines is 1. The molecule has 0 saturated carbocycles. The smallest absolute Gasteiger partial charge is 0.304 e. The van der Waals surface area contributed by atoms with Crippen molar-refractivity contribution in [2.45, 2.75) is 13.1 Å². The van der Waals surface area contributed by atoms with E-state index in [1.807, 2.05) is 17.1 Å². The second-order valence-corrected chi connectivity index (χ2v) is 3.74. The topological polar surface area (TPSA) is 66.6 Å². The van der Waals surface area contributed by atoms with Crippen LogP contribution < -0.4 is 10.00 Å². The van der Waals surface area contributed by atoms with Crippen molar-refractivity contribution in [3.63, 3.8) is 0 Å². The molecule has 2 aromatic heterocycles. The summed E-state index contributed by atoms with van der Waals surface area (Å²) in [7, 11) is 0. The summed E-state index contributed by atoms with van der Waals surface area (Å²) in [5, 5.41) is 6.46. The first-order chi connectivity index (χ1) is 7.88. The summed E-state index contributed by atoms with van der Waals surface area (Å²) in [5.74, 6) is 1.07. The Balaban J connectivity index is 1.98. The maximum absolute atomic E-state index is 10.4. The molecule has 0 radical (unpaired) electrons. The number of hydrogen-bond donors (Lipinski definition) is 2.